The molecule has 43 heavy (non-hydrogen) atoms. The Kier molecular flexibility index (Phi) is 9.11. The summed E-state index contributed by atoms with van der Waals surface area (Å²) in [6.07, 6.45) is 5.07. The molecule has 0 N–H and O–H groups in total. The summed E-state index contributed by atoms with van der Waals surface area (Å²) in [6, 6.07) is 30.3. The molecule has 1 aliphatic rings. The van der Waals surface area contributed by atoms with Crippen LogP contribution in [-0.4, -0.2) is 24.2 Å². The van der Waals surface area contributed by atoms with E-state index in [0.717, 1.165) is 53.5 Å². The van der Waals surface area contributed by atoms with E-state index in [-0.39, 0.29) is 18.4 Å². The average Bonchev–Trinajstić information content (AvgIpc) is 3.05. The van der Waals surface area contributed by atoms with Gasteiger partial charge in [0.2, 0.25) is 0 Å². The van der Waals surface area contributed by atoms with Gasteiger partial charge < -0.3 is 9.64 Å². The van der Waals surface area contributed by atoms with Crippen molar-refractivity contribution >= 4 is 23.9 Å². The number of rotatable bonds is 10. The molecule has 0 spiro atoms. The maximum absolute atomic E-state index is 13.4. The van der Waals surface area contributed by atoms with E-state index < -0.39 is 5.97 Å². The van der Waals surface area contributed by atoms with Gasteiger partial charge in [0.1, 0.15) is 5.75 Å². The van der Waals surface area contributed by atoms with Crippen LogP contribution < -0.4 is 9.64 Å². The third kappa shape index (κ3) is 6.26. The number of carbonyl (C=O) groups excluding carboxylic acids is 3. The predicted octanol–water partition coefficient (Wildman–Crippen LogP) is 8.39. The summed E-state index contributed by atoms with van der Waals surface area (Å²) in [5, 5.41) is 0. The molecule has 0 aliphatic carbocycles. The number of hydrogen-bond donors (Lipinski definition) is 0. The monoisotopic (exact) mass is 569 g/mol. The molecule has 0 radical (unpaired) electrons. The molecule has 1 heterocycles. The molecular weight excluding hydrogens is 534 g/mol. The van der Waals surface area contributed by atoms with Crippen LogP contribution in [-0.2, 0) is 16.0 Å². The smallest absolute Gasteiger partial charge is 0.315 e. The first-order valence-corrected chi connectivity index (χ1v) is 14.7. The fourth-order valence-corrected chi connectivity index (χ4v) is 5.79. The van der Waals surface area contributed by atoms with Gasteiger partial charge in [-0.2, -0.15) is 0 Å². The number of carbonyl (C=O) groups is 3. The Balaban J connectivity index is 1.39. The normalized spacial score (nSPS) is 14.9. The maximum Gasteiger partial charge on any atom is 0.315 e. The highest BCUT2D eigenvalue weighted by Gasteiger charge is 2.32. The standard InChI is InChI=1S/C38H35NO4/c1-4-27-22-30(5-2)39(38(42)33(27)6-3)31-19-17-26(18-20-31)21-37(41)43-32-23-34(28-13-9-7-10-14-28)36(25-40)35(24-32)29-15-11-8-12-16-29/h6-20,23-25,30H,3-5,21-22H2,1-2H3. The number of benzene rings is 4. The van der Waals surface area contributed by atoms with Crippen LogP contribution in [0.2, 0.25) is 0 Å². The molecule has 1 unspecified atom stereocenters. The van der Waals surface area contributed by atoms with E-state index in [0.29, 0.717) is 28.0 Å². The Morgan fingerprint density at radius 2 is 1.49 bits per heavy atom. The maximum atomic E-state index is 13.4. The largest absolute Gasteiger partial charge is 0.426 e. The van der Waals surface area contributed by atoms with Crippen LogP contribution in [0.3, 0.4) is 0 Å². The fraction of sp³-hybridized carbons (Fsp3) is 0.184. The van der Waals surface area contributed by atoms with Gasteiger partial charge >= 0.3 is 5.97 Å². The lowest BCUT2D eigenvalue weighted by atomic mass is 9.90. The second kappa shape index (κ2) is 13.3. The average molecular weight is 570 g/mol. The van der Waals surface area contributed by atoms with Crippen molar-refractivity contribution in [2.75, 3.05) is 4.90 Å². The zero-order valence-corrected chi connectivity index (χ0v) is 24.6. The summed E-state index contributed by atoms with van der Waals surface area (Å²) in [5.74, 6) is -0.0843. The predicted molar refractivity (Wildman–Crippen MR) is 172 cm³/mol. The molecule has 5 heteroatoms. The quantitative estimate of drug-likeness (QED) is 0.109. The summed E-state index contributed by atoms with van der Waals surface area (Å²) in [4.78, 5) is 40.7. The minimum atomic E-state index is -0.422. The van der Waals surface area contributed by atoms with Gasteiger partial charge in [-0.25, -0.2) is 0 Å². The zero-order valence-electron chi connectivity index (χ0n) is 24.6. The lowest BCUT2D eigenvalue weighted by Gasteiger charge is -2.37. The van der Waals surface area contributed by atoms with Crippen molar-refractivity contribution in [1.82, 2.24) is 0 Å². The first-order chi connectivity index (χ1) is 21.0. The third-order valence-corrected chi connectivity index (χ3v) is 8.02. The summed E-state index contributed by atoms with van der Waals surface area (Å²) < 4.78 is 5.86. The molecule has 4 aromatic rings. The van der Waals surface area contributed by atoms with Crippen molar-refractivity contribution in [2.45, 2.75) is 45.6 Å². The zero-order chi connectivity index (χ0) is 30.3. The molecule has 1 atom stereocenters. The topological polar surface area (TPSA) is 63.7 Å². The van der Waals surface area contributed by atoms with Gasteiger partial charge in [0.25, 0.3) is 5.91 Å². The van der Waals surface area contributed by atoms with Crippen LogP contribution in [0.25, 0.3) is 22.3 Å². The summed E-state index contributed by atoms with van der Waals surface area (Å²) in [5.41, 5.74) is 7.04. The Morgan fingerprint density at radius 1 is 0.907 bits per heavy atom. The molecule has 216 valence electrons. The van der Waals surface area contributed by atoms with Gasteiger partial charge in [-0.1, -0.05) is 105 Å². The highest BCUT2D eigenvalue weighted by molar-refractivity contribution is 6.09. The van der Waals surface area contributed by atoms with E-state index in [1.54, 1.807) is 18.2 Å². The Morgan fingerprint density at radius 3 is 1.98 bits per heavy atom. The molecule has 0 bridgehead atoms. The van der Waals surface area contributed by atoms with Crippen LogP contribution in [0.4, 0.5) is 5.69 Å². The van der Waals surface area contributed by atoms with Crippen molar-refractivity contribution in [3.8, 4) is 28.0 Å². The molecule has 1 aliphatic heterocycles. The van der Waals surface area contributed by atoms with Crippen LogP contribution in [0, 0.1) is 0 Å². The van der Waals surface area contributed by atoms with E-state index in [4.69, 9.17) is 4.74 Å². The first-order valence-electron chi connectivity index (χ1n) is 14.7. The van der Waals surface area contributed by atoms with Gasteiger partial charge in [0.05, 0.1) is 6.42 Å². The van der Waals surface area contributed by atoms with Crippen molar-refractivity contribution < 1.29 is 19.1 Å². The Hall–Kier alpha value is -5.03. The second-order valence-corrected chi connectivity index (χ2v) is 10.6. The van der Waals surface area contributed by atoms with E-state index in [1.165, 1.54) is 0 Å². The van der Waals surface area contributed by atoms with E-state index in [1.807, 2.05) is 89.8 Å². The summed E-state index contributed by atoms with van der Waals surface area (Å²) in [6.45, 7) is 8.04. The third-order valence-electron chi connectivity index (χ3n) is 8.02. The number of anilines is 1. The lowest BCUT2D eigenvalue weighted by Crippen LogP contribution is -2.44. The highest BCUT2D eigenvalue weighted by Crippen LogP contribution is 2.36. The molecule has 1 amide bonds. The number of amides is 1. The van der Waals surface area contributed by atoms with Crippen molar-refractivity contribution in [3.63, 3.8) is 0 Å². The van der Waals surface area contributed by atoms with Crippen LogP contribution in [0.5, 0.6) is 5.75 Å². The van der Waals surface area contributed by atoms with Crippen LogP contribution in [0.1, 0.15) is 49.0 Å². The Bertz CT molecular complexity index is 1610. The molecule has 4 aromatic carbocycles. The summed E-state index contributed by atoms with van der Waals surface area (Å²) in [7, 11) is 0. The number of aldehydes is 1. The SMILES string of the molecule is C=CC1=C(CC)CC(CC)N(c2ccc(CC(=O)Oc3cc(-c4ccccc4)c(C=O)c(-c4ccccc4)c3)cc2)C1=O. The molecule has 0 saturated carbocycles. The van der Waals surface area contributed by atoms with Crippen LogP contribution in [0.15, 0.2) is 121 Å². The molecule has 0 fully saturated rings. The minimum absolute atomic E-state index is 0.0284. The van der Waals surface area contributed by atoms with E-state index in [9.17, 15) is 14.4 Å². The van der Waals surface area contributed by atoms with Gasteiger partial charge in [0.15, 0.2) is 6.29 Å². The van der Waals surface area contributed by atoms with Crippen molar-refractivity contribution in [3.05, 3.63) is 132 Å². The first kappa shape index (κ1) is 29.5. The van der Waals surface area contributed by atoms with Crippen LogP contribution >= 0.6 is 0 Å². The van der Waals surface area contributed by atoms with Gasteiger partial charge in [-0.3, -0.25) is 14.4 Å². The highest BCUT2D eigenvalue weighted by atomic mass is 16.5. The lowest BCUT2D eigenvalue weighted by molar-refractivity contribution is -0.133. The molecular formula is C38H35NO4. The van der Waals surface area contributed by atoms with Gasteiger partial charge in [-0.05, 0) is 71.3 Å². The molecule has 0 saturated heterocycles. The summed E-state index contributed by atoms with van der Waals surface area (Å²) >= 11 is 0. The Labute approximate surface area is 253 Å². The molecule has 5 rings (SSSR count). The van der Waals surface area contributed by atoms with Gasteiger partial charge in [-0.15, -0.1) is 0 Å². The number of ether oxygens (including phenoxy) is 1. The fourth-order valence-electron chi connectivity index (χ4n) is 5.79. The number of nitrogens with zero attached hydrogens (tertiary/aromatic N) is 1. The number of hydrogen-bond acceptors (Lipinski definition) is 4. The van der Waals surface area contributed by atoms with Crippen molar-refractivity contribution in [2.24, 2.45) is 0 Å². The van der Waals surface area contributed by atoms with Gasteiger partial charge in [0, 0.05) is 22.9 Å². The van der Waals surface area contributed by atoms with E-state index in [2.05, 4.69) is 20.4 Å². The van der Waals surface area contributed by atoms with Crippen molar-refractivity contribution in [1.29, 1.82) is 0 Å². The molecule has 5 nitrogen and oxygen atoms in total. The van der Waals surface area contributed by atoms with E-state index >= 15 is 0 Å². The second-order valence-electron chi connectivity index (χ2n) is 10.6. The number of esters is 1. The molecule has 0 aromatic heterocycles. The minimum Gasteiger partial charge on any atom is -0.426 e.